The quantitative estimate of drug-likeness (QED) is 0.574. The number of para-hydroxylation sites is 1. The number of benzene rings is 2. The molecule has 27 heavy (non-hydrogen) atoms. The van der Waals surface area contributed by atoms with Crippen LogP contribution in [0.1, 0.15) is 10.4 Å². The number of hydrogen-bond donors (Lipinski definition) is 1. The Kier molecular flexibility index (Phi) is 5.87. The van der Waals surface area contributed by atoms with Gasteiger partial charge in [-0.1, -0.05) is 12.1 Å². The molecule has 0 bridgehead atoms. The van der Waals surface area contributed by atoms with E-state index in [-0.39, 0.29) is 5.88 Å². The predicted molar refractivity (Wildman–Crippen MR) is 104 cm³/mol. The van der Waals surface area contributed by atoms with Crippen LogP contribution in [0, 0.1) is 0 Å². The van der Waals surface area contributed by atoms with Crippen LogP contribution < -0.4 is 14.8 Å². The fraction of sp³-hybridized carbons (Fsp3) is 0.105. The number of carbonyl (C=O) groups is 1. The normalized spacial score (nSPS) is 10.2. The average Bonchev–Trinajstić information content (AvgIpc) is 2.71. The summed E-state index contributed by atoms with van der Waals surface area (Å²) in [5.74, 6) is 1.19. The molecular weight excluding hydrogens is 414 g/mol. The van der Waals surface area contributed by atoms with E-state index in [2.05, 4.69) is 31.2 Å². The molecule has 0 radical (unpaired) electrons. The summed E-state index contributed by atoms with van der Waals surface area (Å²) in [4.78, 5) is 20.5. The van der Waals surface area contributed by atoms with Crippen molar-refractivity contribution in [2.45, 2.75) is 0 Å². The molecule has 1 aromatic heterocycles. The molecule has 3 rings (SSSR count). The fourth-order valence-electron chi connectivity index (χ4n) is 2.23. The molecular formula is C19H16BrN3O4. The van der Waals surface area contributed by atoms with Gasteiger partial charge in [0.05, 0.1) is 24.9 Å². The number of aromatic nitrogens is 2. The van der Waals surface area contributed by atoms with Crippen molar-refractivity contribution in [3.05, 3.63) is 64.8 Å². The largest absolute Gasteiger partial charge is 0.497 e. The van der Waals surface area contributed by atoms with Crippen LogP contribution in [0.5, 0.6) is 17.4 Å². The van der Waals surface area contributed by atoms with Crippen LogP contribution in [-0.2, 0) is 4.74 Å². The van der Waals surface area contributed by atoms with Crippen LogP contribution in [-0.4, -0.2) is 30.2 Å². The zero-order chi connectivity index (χ0) is 19.2. The summed E-state index contributed by atoms with van der Waals surface area (Å²) in [5.41, 5.74) is 1.09. The third-order valence-corrected chi connectivity index (χ3v) is 4.10. The van der Waals surface area contributed by atoms with Gasteiger partial charge in [-0.2, -0.15) is 4.98 Å². The lowest BCUT2D eigenvalue weighted by molar-refractivity contribution is 0.0598. The summed E-state index contributed by atoms with van der Waals surface area (Å²) < 4.78 is 16.3. The zero-order valence-corrected chi connectivity index (χ0v) is 16.2. The molecule has 1 N–H and O–H groups in total. The minimum Gasteiger partial charge on any atom is -0.497 e. The smallest absolute Gasteiger partial charge is 0.341 e. The molecule has 7 nitrogen and oxygen atoms in total. The highest BCUT2D eigenvalue weighted by Gasteiger charge is 2.15. The lowest BCUT2D eigenvalue weighted by atomic mass is 10.2. The van der Waals surface area contributed by atoms with E-state index in [1.165, 1.54) is 7.11 Å². The number of rotatable bonds is 6. The first-order valence-corrected chi connectivity index (χ1v) is 8.69. The van der Waals surface area contributed by atoms with Crippen LogP contribution in [0.2, 0.25) is 0 Å². The van der Waals surface area contributed by atoms with Gasteiger partial charge in [-0.05, 0) is 52.3 Å². The number of carbonyl (C=O) groups excluding carboxylic acids is 1. The Bertz CT molecular complexity index is 948. The van der Waals surface area contributed by atoms with Crippen LogP contribution in [0.4, 0.5) is 11.6 Å². The molecule has 0 saturated heterocycles. The Morgan fingerprint density at radius 3 is 2.52 bits per heavy atom. The summed E-state index contributed by atoms with van der Waals surface area (Å²) in [7, 11) is 2.92. The summed E-state index contributed by atoms with van der Waals surface area (Å²) in [5, 5.41) is 3.09. The zero-order valence-electron chi connectivity index (χ0n) is 14.6. The number of methoxy groups -OCH3 is 2. The summed E-state index contributed by atoms with van der Waals surface area (Å²) in [6, 6.07) is 14.1. The van der Waals surface area contributed by atoms with E-state index in [0.29, 0.717) is 21.7 Å². The molecule has 0 amide bonds. The van der Waals surface area contributed by atoms with Crippen molar-refractivity contribution < 1.29 is 19.0 Å². The average molecular weight is 430 g/mol. The summed E-state index contributed by atoms with van der Waals surface area (Å²) in [6.45, 7) is 0. The van der Waals surface area contributed by atoms with E-state index in [0.717, 1.165) is 11.4 Å². The van der Waals surface area contributed by atoms with Crippen molar-refractivity contribution >= 4 is 33.5 Å². The standard InChI is InChI=1S/C19H16BrN3O4/c1-25-13-9-7-12(8-10-13)22-19-21-11-15(20)17(23-19)27-16-6-4-3-5-14(16)18(24)26-2/h3-11H,1-2H3,(H,21,22,23). The van der Waals surface area contributed by atoms with Crippen molar-refractivity contribution in [1.82, 2.24) is 9.97 Å². The van der Waals surface area contributed by atoms with E-state index in [9.17, 15) is 4.79 Å². The first-order valence-electron chi connectivity index (χ1n) is 7.89. The number of hydrogen-bond acceptors (Lipinski definition) is 7. The van der Waals surface area contributed by atoms with E-state index >= 15 is 0 Å². The second kappa shape index (κ2) is 8.50. The number of ether oxygens (including phenoxy) is 3. The number of nitrogens with zero attached hydrogens (tertiary/aromatic N) is 2. The van der Waals surface area contributed by atoms with Crippen molar-refractivity contribution in [2.75, 3.05) is 19.5 Å². The van der Waals surface area contributed by atoms with Crippen molar-refractivity contribution in [3.63, 3.8) is 0 Å². The molecule has 0 aliphatic heterocycles. The van der Waals surface area contributed by atoms with Gasteiger partial charge in [0.2, 0.25) is 11.8 Å². The first-order chi connectivity index (χ1) is 13.1. The fourth-order valence-corrected chi connectivity index (χ4v) is 2.50. The number of anilines is 2. The van der Waals surface area contributed by atoms with Gasteiger partial charge in [-0.25, -0.2) is 9.78 Å². The van der Waals surface area contributed by atoms with Crippen LogP contribution >= 0.6 is 15.9 Å². The third-order valence-electron chi connectivity index (χ3n) is 3.56. The maximum absolute atomic E-state index is 11.9. The van der Waals surface area contributed by atoms with Crippen molar-refractivity contribution in [1.29, 1.82) is 0 Å². The highest BCUT2D eigenvalue weighted by Crippen LogP contribution is 2.31. The Morgan fingerprint density at radius 2 is 1.81 bits per heavy atom. The van der Waals surface area contributed by atoms with Crippen molar-refractivity contribution in [2.24, 2.45) is 0 Å². The second-order valence-corrected chi connectivity index (χ2v) is 6.14. The van der Waals surface area contributed by atoms with Gasteiger partial charge in [0, 0.05) is 5.69 Å². The highest BCUT2D eigenvalue weighted by atomic mass is 79.9. The van der Waals surface area contributed by atoms with Gasteiger partial charge in [-0.3, -0.25) is 0 Å². The number of halogens is 1. The van der Waals surface area contributed by atoms with Gasteiger partial charge in [0.1, 0.15) is 17.1 Å². The minimum atomic E-state index is -0.493. The molecule has 3 aromatic rings. The lowest BCUT2D eigenvalue weighted by Crippen LogP contribution is -2.05. The molecule has 138 valence electrons. The van der Waals surface area contributed by atoms with Gasteiger partial charge >= 0.3 is 5.97 Å². The number of nitrogens with one attached hydrogen (secondary N) is 1. The summed E-state index contributed by atoms with van der Waals surface area (Å²) >= 11 is 3.36. The van der Waals surface area contributed by atoms with E-state index in [1.54, 1.807) is 37.6 Å². The van der Waals surface area contributed by atoms with Gasteiger partial charge in [0.15, 0.2) is 0 Å². The Hall–Kier alpha value is -3.13. The Morgan fingerprint density at radius 1 is 1.07 bits per heavy atom. The molecule has 0 atom stereocenters. The topological polar surface area (TPSA) is 82.6 Å². The molecule has 0 spiro atoms. The van der Waals surface area contributed by atoms with E-state index < -0.39 is 5.97 Å². The maximum Gasteiger partial charge on any atom is 0.341 e. The van der Waals surface area contributed by atoms with Crippen LogP contribution in [0.15, 0.2) is 59.2 Å². The minimum absolute atomic E-state index is 0.261. The molecule has 0 fully saturated rings. The van der Waals surface area contributed by atoms with Gasteiger partial charge in [-0.15, -0.1) is 0 Å². The SMILES string of the molecule is COC(=O)c1ccccc1Oc1nc(Nc2ccc(OC)cc2)ncc1Br. The third kappa shape index (κ3) is 4.53. The molecule has 0 unspecified atom stereocenters. The molecule has 0 aliphatic rings. The summed E-state index contributed by atoms with van der Waals surface area (Å²) in [6.07, 6.45) is 1.56. The number of esters is 1. The van der Waals surface area contributed by atoms with Crippen LogP contribution in [0.25, 0.3) is 0 Å². The van der Waals surface area contributed by atoms with Gasteiger partial charge in [0.25, 0.3) is 0 Å². The lowest BCUT2D eigenvalue weighted by Gasteiger charge is -2.12. The molecule has 8 heteroatoms. The maximum atomic E-state index is 11.9. The van der Waals surface area contributed by atoms with E-state index in [1.807, 2.05) is 24.3 Å². The Labute approximate surface area is 164 Å². The van der Waals surface area contributed by atoms with Gasteiger partial charge < -0.3 is 19.5 Å². The van der Waals surface area contributed by atoms with Crippen molar-refractivity contribution in [3.8, 4) is 17.4 Å². The monoisotopic (exact) mass is 429 g/mol. The second-order valence-electron chi connectivity index (χ2n) is 5.29. The highest BCUT2D eigenvalue weighted by molar-refractivity contribution is 9.10. The Balaban J connectivity index is 1.84. The molecule has 2 aromatic carbocycles. The molecule has 0 aliphatic carbocycles. The van der Waals surface area contributed by atoms with E-state index in [4.69, 9.17) is 14.2 Å². The molecule has 0 saturated carbocycles. The van der Waals surface area contributed by atoms with Crippen LogP contribution in [0.3, 0.4) is 0 Å². The first kappa shape index (κ1) is 18.7. The predicted octanol–water partition coefficient (Wildman–Crippen LogP) is 4.57. The molecule has 1 heterocycles.